The predicted molar refractivity (Wildman–Crippen MR) is 70.1 cm³/mol. The predicted octanol–water partition coefficient (Wildman–Crippen LogP) is 0.922. The molecular weight excluding hydrogens is 226 g/mol. The second-order valence-corrected chi connectivity index (χ2v) is 5.89. The van der Waals surface area contributed by atoms with Crippen LogP contribution in [0.4, 0.5) is 0 Å². The summed E-state index contributed by atoms with van der Waals surface area (Å²) in [5, 5.41) is 7.83. The summed E-state index contributed by atoms with van der Waals surface area (Å²) in [5.41, 5.74) is 0.373. The SMILES string of the molecule is CC1CN(Cc2ncnn2C)C2(CCCC2)CN1. The second kappa shape index (κ2) is 4.63. The summed E-state index contributed by atoms with van der Waals surface area (Å²) < 4.78 is 1.90. The number of hydrogen-bond acceptors (Lipinski definition) is 4. The first-order chi connectivity index (χ1) is 8.70. The van der Waals surface area contributed by atoms with Crippen LogP contribution in [0.1, 0.15) is 38.4 Å². The van der Waals surface area contributed by atoms with E-state index in [-0.39, 0.29) is 0 Å². The van der Waals surface area contributed by atoms with Gasteiger partial charge in [0.25, 0.3) is 0 Å². The van der Waals surface area contributed by atoms with E-state index >= 15 is 0 Å². The highest BCUT2D eigenvalue weighted by Crippen LogP contribution is 2.37. The van der Waals surface area contributed by atoms with Crippen LogP contribution < -0.4 is 5.32 Å². The lowest BCUT2D eigenvalue weighted by Gasteiger charge is -2.47. The van der Waals surface area contributed by atoms with E-state index in [2.05, 4.69) is 27.2 Å². The van der Waals surface area contributed by atoms with Gasteiger partial charge < -0.3 is 5.32 Å². The highest BCUT2D eigenvalue weighted by Gasteiger charge is 2.42. The van der Waals surface area contributed by atoms with Crippen LogP contribution in [-0.4, -0.2) is 44.3 Å². The van der Waals surface area contributed by atoms with Gasteiger partial charge in [0.05, 0.1) is 6.54 Å². The van der Waals surface area contributed by atoms with Crippen LogP contribution in [0.3, 0.4) is 0 Å². The van der Waals surface area contributed by atoms with Gasteiger partial charge in [0.15, 0.2) is 0 Å². The molecule has 3 rings (SSSR count). The first kappa shape index (κ1) is 12.1. The average molecular weight is 249 g/mol. The molecule has 5 nitrogen and oxygen atoms in total. The van der Waals surface area contributed by atoms with Crippen molar-refractivity contribution in [2.24, 2.45) is 7.05 Å². The molecule has 18 heavy (non-hydrogen) atoms. The highest BCUT2D eigenvalue weighted by atomic mass is 15.4. The third-order valence-corrected chi connectivity index (χ3v) is 4.62. The molecule has 5 heteroatoms. The lowest BCUT2D eigenvalue weighted by atomic mass is 9.91. The average Bonchev–Trinajstić information content (AvgIpc) is 2.96. The standard InChI is InChI=1S/C13H23N5/c1-11-7-18(8-12-15-10-16-17(12)2)13(9-14-11)5-3-4-6-13/h10-11,14H,3-9H2,1-2H3. The van der Waals surface area contributed by atoms with Crippen molar-refractivity contribution in [3.63, 3.8) is 0 Å². The maximum Gasteiger partial charge on any atom is 0.140 e. The smallest absolute Gasteiger partial charge is 0.140 e. The summed E-state index contributed by atoms with van der Waals surface area (Å²) in [7, 11) is 1.98. The van der Waals surface area contributed by atoms with Gasteiger partial charge in [0, 0.05) is 31.7 Å². The Labute approximate surface area is 109 Å². The van der Waals surface area contributed by atoms with E-state index in [0.29, 0.717) is 11.6 Å². The Bertz CT molecular complexity index is 407. The number of nitrogens with zero attached hydrogens (tertiary/aromatic N) is 4. The largest absolute Gasteiger partial charge is 0.311 e. The zero-order chi connectivity index (χ0) is 12.6. The molecule has 1 aromatic rings. The number of aromatic nitrogens is 3. The summed E-state index contributed by atoms with van der Waals surface area (Å²) in [6.07, 6.45) is 7.04. The lowest BCUT2D eigenvalue weighted by molar-refractivity contribution is 0.0361. The van der Waals surface area contributed by atoms with Crippen molar-refractivity contribution in [2.45, 2.75) is 50.7 Å². The lowest BCUT2D eigenvalue weighted by Crippen LogP contribution is -2.62. The third-order valence-electron chi connectivity index (χ3n) is 4.62. The van der Waals surface area contributed by atoms with Crippen LogP contribution in [0.25, 0.3) is 0 Å². The normalized spacial score (nSPS) is 28.0. The Kier molecular flexibility index (Phi) is 3.11. The Morgan fingerprint density at radius 3 is 2.89 bits per heavy atom. The minimum atomic E-state index is 0.373. The fourth-order valence-electron chi connectivity index (χ4n) is 3.46. The van der Waals surface area contributed by atoms with Gasteiger partial charge in [-0.2, -0.15) is 5.10 Å². The molecule has 0 amide bonds. The van der Waals surface area contributed by atoms with E-state index in [1.54, 1.807) is 6.33 Å². The summed E-state index contributed by atoms with van der Waals surface area (Å²) >= 11 is 0. The molecular formula is C13H23N5. The van der Waals surface area contributed by atoms with Crippen LogP contribution in [0.15, 0.2) is 6.33 Å². The van der Waals surface area contributed by atoms with Crippen LogP contribution in [0, 0.1) is 0 Å². The van der Waals surface area contributed by atoms with E-state index in [0.717, 1.165) is 25.5 Å². The number of aryl methyl sites for hydroxylation is 1. The third kappa shape index (κ3) is 2.06. The van der Waals surface area contributed by atoms with Crippen molar-refractivity contribution in [1.82, 2.24) is 25.0 Å². The van der Waals surface area contributed by atoms with Gasteiger partial charge in [-0.1, -0.05) is 12.8 Å². The fourth-order valence-corrected chi connectivity index (χ4v) is 3.46. The molecule has 100 valence electrons. The number of piperazine rings is 1. The van der Waals surface area contributed by atoms with Gasteiger partial charge in [-0.25, -0.2) is 4.98 Å². The van der Waals surface area contributed by atoms with Gasteiger partial charge in [-0.3, -0.25) is 9.58 Å². The molecule has 1 aromatic heterocycles. The second-order valence-electron chi connectivity index (χ2n) is 5.89. The van der Waals surface area contributed by atoms with Crippen molar-refractivity contribution in [3.8, 4) is 0 Å². The number of rotatable bonds is 2. The van der Waals surface area contributed by atoms with Crippen molar-refractivity contribution >= 4 is 0 Å². The van der Waals surface area contributed by atoms with Crippen LogP contribution in [0.5, 0.6) is 0 Å². The van der Waals surface area contributed by atoms with Crippen molar-refractivity contribution in [2.75, 3.05) is 13.1 Å². The molecule has 1 saturated carbocycles. The van der Waals surface area contributed by atoms with Crippen molar-refractivity contribution < 1.29 is 0 Å². The molecule has 0 radical (unpaired) electrons. The summed E-state index contributed by atoms with van der Waals surface area (Å²) in [6.45, 7) is 5.45. The summed E-state index contributed by atoms with van der Waals surface area (Å²) in [4.78, 5) is 7.02. The molecule has 1 saturated heterocycles. The Balaban J connectivity index is 1.80. The highest BCUT2D eigenvalue weighted by molar-refractivity contribution is 5.02. The molecule has 1 unspecified atom stereocenters. The molecule has 2 fully saturated rings. The van der Waals surface area contributed by atoms with E-state index in [4.69, 9.17) is 0 Å². The summed E-state index contributed by atoms with van der Waals surface area (Å²) in [5.74, 6) is 1.08. The molecule has 1 N–H and O–H groups in total. The Hall–Kier alpha value is -0.940. The first-order valence-corrected chi connectivity index (χ1v) is 7.01. The van der Waals surface area contributed by atoms with Crippen LogP contribution in [0.2, 0.25) is 0 Å². The zero-order valence-corrected chi connectivity index (χ0v) is 11.4. The minimum absolute atomic E-state index is 0.373. The molecule has 1 aliphatic heterocycles. The minimum Gasteiger partial charge on any atom is -0.311 e. The monoisotopic (exact) mass is 249 g/mol. The quantitative estimate of drug-likeness (QED) is 0.846. The van der Waals surface area contributed by atoms with Gasteiger partial charge in [0.1, 0.15) is 12.2 Å². The van der Waals surface area contributed by atoms with Gasteiger partial charge in [-0.15, -0.1) is 0 Å². The van der Waals surface area contributed by atoms with Gasteiger partial charge >= 0.3 is 0 Å². The van der Waals surface area contributed by atoms with Crippen molar-refractivity contribution in [3.05, 3.63) is 12.2 Å². The van der Waals surface area contributed by atoms with Crippen LogP contribution >= 0.6 is 0 Å². The number of hydrogen-bond donors (Lipinski definition) is 1. The number of nitrogens with one attached hydrogen (secondary N) is 1. The van der Waals surface area contributed by atoms with E-state index in [1.165, 1.54) is 25.7 Å². The molecule has 0 aromatic carbocycles. The maximum atomic E-state index is 4.38. The molecule has 1 spiro atoms. The van der Waals surface area contributed by atoms with E-state index in [1.807, 2.05) is 11.7 Å². The maximum absolute atomic E-state index is 4.38. The molecule has 1 atom stereocenters. The molecule has 2 aliphatic rings. The topological polar surface area (TPSA) is 46.0 Å². The van der Waals surface area contributed by atoms with E-state index in [9.17, 15) is 0 Å². The Morgan fingerprint density at radius 1 is 1.44 bits per heavy atom. The molecule has 0 bridgehead atoms. The van der Waals surface area contributed by atoms with E-state index < -0.39 is 0 Å². The van der Waals surface area contributed by atoms with Gasteiger partial charge in [0.2, 0.25) is 0 Å². The fraction of sp³-hybridized carbons (Fsp3) is 0.846. The summed E-state index contributed by atoms with van der Waals surface area (Å²) in [6, 6.07) is 0.574. The van der Waals surface area contributed by atoms with Crippen molar-refractivity contribution in [1.29, 1.82) is 0 Å². The Morgan fingerprint density at radius 2 is 2.22 bits per heavy atom. The zero-order valence-electron chi connectivity index (χ0n) is 11.4. The molecule has 1 aliphatic carbocycles. The van der Waals surface area contributed by atoms with Crippen LogP contribution in [-0.2, 0) is 13.6 Å². The first-order valence-electron chi connectivity index (χ1n) is 7.01. The van der Waals surface area contributed by atoms with Gasteiger partial charge in [-0.05, 0) is 19.8 Å². The molecule has 2 heterocycles.